The van der Waals surface area contributed by atoms with Crippen LogP contribution in [-0.4, -0.2) is 60.9 Å². The van der Waals surface area contributed by atoms with Crippen molar-refractivity contribution in [3.8, 4) is 5.75 Å². The normalized spacial score (nSPS) is 14.5. The molecule has 6 nitrogen and oxygen atoms in total. The van der Waals surface area contributed by atoms with Crippen LogP contribution < -0.4 is 10.1 Å². The van der Waals surface area contributed by atoms with E-state index in [2.05, 4.69) is 10.2 Å². The predicted molar refractivity (Wildman–Crippen MR) is 114 cm³/mol. The summed E-state index contributed by atoms with van der Waals surface area (Å²) in [4.78, 5) is 27.7. The molecule has 0 atom stereocenters. The molecule has 2 amide bonds. The van der Waals surface area contributed by atoms with Gasteiger partial charge in [-0.25, -0.2) is 0 Å². The molecule has 0 aliphatic carbocycles. The van der Waals surface area contributed by atoms with Crippen LogP contribution in [-0.2, 0) is 16.0 Å². The lowest BCUT2D eigenvalue weighted by Gasteiger charge is -2.34. The van der Waals surface area contributed by atoms with Gasteiger partial charge >= 0.3 is 0 Å². The minimum Gasteiger partial charge on any atom is -0.484 e. The van der Waals surface area contributed by atoms with Gasteiger partial charge in [-0.15, -0.1) is 0 Å². The van der Waals surface area contributed by atoms with Crippen molar-refractivity contribution in [1.29, 1.82) is 0 Å². The SMILES string of the molecule is CC(=O)Nc1ccc(CCN2CCN(C(=O)COc3ccc(C)cc3)CC2)cc1. The number of aryl methyl sites for hydroxylation is 1. The summed E-state index contributed by atoms with van der Waals surface area (Å²) in [7, 11) is 0. The van der Waals surface area contributed by atoms with Gasteiger partial charge in [0, 0.05) is 45.3 Å². The van der Waals surface area contributed by atoms with E-state index in [1.54, 1.807) is 0 Å². The Bertz CT molecular complexity index is 810. The van der Waals surface area contributed by atoms with Crippen molar-refractivity contribution in [3.63, 3.8) is 0 Å². The largest absolute Gasteiger partial charge is 0.484 e. The molecule has 1 aliphatic heterocycles. The van der Waals surface area contributed by atoms with Crippen LogP contribution in [0, 0.1) is 6.92 Å². The number of amides is 2. The summed E-state index contributed by atoms with van der Waals surface area (Å²) in [5.41, 5.74) is 3.23. The molecule has 3 rings (SSSR count). The highest BCUT2D eigenvalue weighted by molar-refractivity contribution is 5.88. The third-order valence-corrected chi connectivity index (χ3v) is 5.10. The van der Waals surface area contributed by atoms with Crippen molar-refractivity contribution in [2.75, 3.05) is 44.6 Å². The van der Waals surface area contributed by atoms with Crippen LogP contribution in [0.4, 0.5) is 5.69 Å². The Kier molecular flexibility index (Phi) is 7.25. The van der Waals surface area contributed by atoms with E-state index in [0.29, 0.717) is 0 Å². The number of hydrogen-bond donors (Lipinski definition) is 1. The minimum absolute atomic E-state index is 0.0405. The third kappa shape index (κ3) is 6.61. The zero-order valence-electron chi connectivity index (χ0n) is 17.2. The molecule has 0 unspecified atom stereocenters. The molecule has 6 heteroatoms. The standard InChI is InChI=1S/C23H29N3O3/c1-18-3-9-22(10-4-18)29-17-23(28)26-15-13-25(14-16-26)12-11-20-5-7-21(8-6-20)24-19(2)27/h3-10H,11-17H2,1-2H3,(H,24,27). The molecular weight excluding hydrogens is 366 g/mol. The highest BCUT2D eigenvalue weighted by Gasteiger charge is 2.21. The van der Waals surface area contributed by atoms with Crippen LogP contribution >= 0.6 is 0 Å². The topological polar surface area (TPSA) is 61.9 Å². The fourth-order valence-corrected chi connectivity index (χ4v) is 3.34. The van der Waals surface area contributed by atoms with E-state index in [9.17, 15) is 9.59 Å². The first-order chi connectivity index (χ1) is 14.0. The van der Waals surface area contributed by atoms with E-state index in [4.69, 9.17) is 4.74 Å². The molecule has 0 spiro atoms. The maximum absolute atomic E-state index is 12.4. The second kappa shape index (κ2) is 10.1. The van der Waals surface area contributed by atoms with Crippen LogP contribution in [0.2, 0.25) is 0 Å². The van der Waals surface area contributed by atoms with Gasteiger partial charge < -0.3 is 15.0 Å². The Morgan fingerprint density at radius 1 is 0.966 bits per heavy atom. The van der Waals surface area contributed by atoms with Crippen LogP contribution in [0.15, 0.2) is 48.5 Å². The number of nitrogens with one attached hydrogen (secondary N) is 1. The summed E-state index contributed by atoms with van der Waals surface area (Å²) in [5.74, 6) is 0.709. The quantitative estimate of drug-likeness (QED) is 0.783. The van der Waals surface area contributed by atoms with Gasteiger partial charge in [-0.1, -0.05) is 29.8 Å². The second-order valence-electron chi connectivity index (χ2n) is 7.45. The van der Waals surface area contributed by atoms with Gasteiger partial charge in [0.05, 0.1) is 0 Å². The maximum Gasteiger partial charge on any atom is 0.260 e. The Morgan fingerprint density at radius 3 is 2.24 bits per heavy atom. The summed E-state index contributed by atoms with van der Waals surface area (Å²) in [6.07, 6.45) is 0.949. The average Bonchev–Trinajstić information content (AvgIpc) is 2.72. The maximum atomic E-state index is 12.4. The predicted octanol–water partition coefficient (Wildman–Crippen LogP) is 2.72. The highest BCUT2D eigenvalue weighted by atomic mass is 16.5. The lowest BCUT2D eigenvalue weighted by Crippen LogP contribution is -2.50. The van der Waals surface area contributed by atoms with Gasteiger partial charge in [-0.05, 0) is 43.2 Å². The first-order valence-electron chi connectivity index (χ1n) is 10.1. The highest BCUT2D eigenvalue weighted by Crippen LogP contribution is 2.13. The van der Waals surface area contributed by atoms with Crippen molar-refractivity contribution >= 4 is 17.5 Å². The smallest absolute Gasteiger partial charge is 0.260 e. The molecule has 2 aromatic rings. The number of carbonyl (C=O) groups excluding carboxylic acids is 2. The lowest BCUT2D eigenvalue weighted by molar-refractivity contribution is -0.135. The molecule has 1 saturated heterocycles. The molecule has 1 heterocycles. The van der Waals surface area contributed by atoms with E-state index < -0.39 is 0 Å². The second-order valence-corrected chi connectivity index (χ2v) is 7.45. The van der Waals surface area contributed by atoms with Crippen LogP contribution in [0.5, 0.6) is 5.75 Å². The van der Waals surface area contributed by atoms with Gasteiger partial charge in [0.15, 0.2) is 6.61 Å². The summed E-state index contributed by atoms with van der Waals surface area (Å²) in [6.45, 7) is 7.79. The van der Waals surface area contributed by atoms with Gasteiger partial charge in [-0.3, -0.25) is 14.5 Å². The monoisotopic (exact) mass is 395 g/mol. The first-order valence-corrected chi connectivity index (χ1v) is 10.1. The average molecular weight is 396 g/mol. The molecule has 1 aliphatic rings. The van der Waals surface area contributed by atoms with Crippen molar-refractivity contribution < 1.29 is 14.3 Å². The molecule has 1 fully saturated rings. The zero-order valence-corrected chi connectivity index (χ0v) is 17.2. The summed E-state index contributed by atoms with van der Waals surface area (Å²) < 4.78 is 5.61. The molecular formula is C23H29N3O3. The number of ether oxygens (including phenoxy) is 1. The van der Waals surface area contributed by atoms with E-state index >= 15 is 0 Å². The summed E-state index contributed by atoms with van der Waals surface area (Å²) >= 11 is 0. The van der Waals surface area contributed by atoms with E-state index in [1.807, 2.05) is 60.4 Å². The Labute approximate surface area is 172 Å². The van der Waals surface area contributed by atoms with Crippen LogP contribution in [0.25, 0.3) is 0 Å². The Balaban J connectivity index is 1.37. The lowest BCUT2D eigenvalue weighted by atomic mass is 10.1. The van der Waals surface area contributed by atoms with Crippen LogP contribution in [0.1, 0.15) is 18.1 Å². The number of hydrogen-bond acceptors (Lipinski definition) is 4. The molecule has 29 heavy (non-hydrogen) atoms. The van der Waals surface area contributed by atoms with Crippen molar-refractivity contribution in [1.82, 2.24) is 9.80 Å². The molecule has 0 saturated carbocycles. The summed E-state index contributed by atoms with van der Waals surface area (Å²) in [6, 6.07) is 15.7. The van der Waals surface area contributed by atoms with Crippen molar-refractivity contribution in [2.45, 2.75) is 20.3 Å². The summed E-state index contributed by atoms with van der Waals surface area (Å²) in [5, 5.41) is 2.78. The Morgan fingerprint density at radius 2 is 1.62 bits per heavy atom. The van der Waals surface area contributed by atoms with E-state index in [0.717, 1.165) is 50.6 Å². The number of piperazine rings is 1. The van der Waals surface area contributed by atoms with Crippen molar-refractivity contribution in [3.05, 3.63) is 59.7 Å². The van der Waals surface area contributed by atoms with Gasteiger partial charge in [0.25, 0.3) is 5.91 Å². The molecule has 0 radical (unpaired) electrons. The number of carbonyl (C=O) groups is 2. The van der Waals surface area contributed by atoms with E-state index in [1.165, 1.54) is 18.1 Å². The molecule has 0 bridgehead atoms. The zero-order chi connectivity index (χ0) is 20.6. The molecule has 0 aromatic heterocycles. The first kappa shape index (κ1) is 20.9. The number of anilines is 1. The van der Waals surface area contributed by atoms with Gasteiger partial charge in [-0.2, -0.15) is 0 Å². The molecule has 154 valence electrons. The minimum atomic E-state index is -0.0607. The molecule has 1 N–H and O–H groups in total. The fourth-order valence-electron chi connectivity index (χ4n) is 3.34. The van der Waals surface area contributed by atoms with Crippen molar-refractivity contribution in [2.24, 2.45) is 0 Å². The van der Waals surface area contributed by atoms with Gasteiger partial charge in [0.1, 0.15) is 5.75 Å². The molecule has 2 aromatic carbocycles. The third-order valence-electron chi connectivity index (χ3n) is 5.10. The van der Waals surface area contributed by atoms with Gasteiger partial charge in [0.2, 0.25) is 5.91 Å². The number of benzene rings is 2. The fraction of sp³-hybridized carbons (Fsp3) is 0.391. The van der Waals surface area contributed by atoms with E-state index in [-0.39, 0.29) is 18.4 Å². The van der Waals surface area contributed by atoms with Crippen LogP contribution in [0.3, 0.4) is 0 Å². The number of nitrogens with zero attached hydrogens (tertiary/aromatic N) is 2. The Hall–Kier alpha value is -2.86. The number of rotatable bonds is 7.